The van der Waals surface area contributed by atoms with Gasteiger partial charge < -0.3 is 15.5 Å². The van der Waals surface area contributed by atoms with Crippen molar-refractivity contribution < 1.29 is 24.2 Å². The number of hydrogen-bond donors (Lipinski definition) is 4. The summed E-state index contributed by atoms with van der Waals surface area (Å²) in [5.74, 6) is -2.65. The van der Waals surface area contributed by atoms with Crippen molar-refractivity contribution >= 4 is 28.3 Å². The van der Waals surface area contributed by atoms with Crippen molar-refractivity contribution in [2.45, 2.75) is 6.61 Å². The van der Waals surface area contributed by atoms with Gasteiger partial charge >= 0.3 is 5.97 Å². The van der Waals surface area contributed by atoms with E-state index in [9.17, 15) is 23.9 Å². The number of aliphatic hydroxyl groups is 1. The summed E-state index contributed by atoms with van der Waals surface area (Å²) < 4.78 is 14.7. The third kappa shape index (κ3) is 2.50. The van der Waals surface area contributed by atoms with Crippen molar-refractivity contribution in [3.05, 3.63) is 51.6 Å². The molecular formula is C15H12FN3O5. The van der Waals surface area contributed by atoms with Crippen molar-refractivity contribution in [3.8, 4) is 0 Å². The number of H-pyrrole nitrogens is 1. The zero-order chi connectivity index (χ0) is 17.4. The van der Waals surface area contributed by atoms with Gasteiger partial charge in [0.15, 0.2) is 0 Å². The third-order valence-electron chi connectivity index (χ3n) is 3.60. The highest BCUT2D eigenvalue weighted by molar-refractivity contribution is 5.99. The number of carbonyl (C=O) groups excluding carboxylic acids is 1. The van der Waals surface area contributed by atoms with Crippen molar-refractivity contribution in [3.63, 3.8) is 0 Å². The molecule has 3 aromatic rings. The lowest BCUT2D eigenvalue weighted by Gasteiger charge is -2.09. The summed E-state index contributed by atoms with van der Waals surface area (Å²) >= 11 is 0. The van der Waals surface area contributed by atoms with E-state index in [1.165, 1.54) is 28.8 Å². The lowest BCUT2D eigenvalue weighted by molar-refractivity contribution is -0.135. The number of benzene rings is 1. The summed E-state index contributed by atoms with van der Waals surface area (Å²) in [5, 5.41) is 23.2. The van der Waals surface area contributed by atoms with Crippen LogP contribution >= 0.6 is 0 Å². The number of aromatic nitrogens is 2. The monoisotopic (exact) mass is 333 g/mol. The molecule has 3 rings (SSSR count). The number of fused-ring (bicyclic) bond motifs is 3. The van der Waals surface area contributed by atoms with Crippen LogP contribution in [-0.2, 0) is 11.4 Å². The number of hydrogen-bond acceptors (Lipinski definition) is 4. The Hall–Kier alpha value is -3.20. The average molecular weight is 333 g/mol. The second kappa shape index (κ2) is 5.78. The summed E-state index contributed by atoms with van der Waals surface area (Å²) in [7, 11) is 0. The molecule has 0 radical (unpaired) electrons. The number of aliphatic hydroxyl groups excluding tert-OH is 1. The number of nitrogens with zero attached hydrogens (tertiary/aromatic N) is 1. The minimum absolute atomic E-state index is 0.0262. The van der Waals surface area contributed by atoms with Gasteiger partial charge in [0, 0.05) is 10.9 Å². The number of aliphatic carboxylic acids is 1. The first kappa shape index (κ1) is 15.7. The molecule has 4 N–H and O–H groups in total. The molecule has 0 aliphatic carbocycles. The van der Waals surface area contributed by atoms with Crippen LogP contribution in [0.2, 0.25) is 0 Å². The van der Waals surface area contributed by atoms with Gasteiger partial charge in [-0.05, 0) is 24.3 Å². The largest absolute Gasteiger partial charge is 0.480 e. The Labute approximate surface area is 133 Å². The van der Waals surface area contributed by atoms with Crippen molar-refractivity contribution in [2.24, 2.45) is 0 Å². The van der Waals surface area contributed by atoms with Crippen LogP contribution in [0, 0.1) is 5.82 Å². The molecule has 124 valence electrons. The number of rotatable bonds is 4. The molecule has 0 saturated heterocycles. The molecule has 1 aromatic carbocycles. The van der Waals surface area contributed by atoms with E-state index in [2.05, 4.69) is 10.4 Å². The molecule has 0 aliphatic rings. The zero-order valence-corrected chi connectivity index (χ0v) is 12.2. The number of amides is 1. The fourth-order valence-electron chi connectivity index (χ4n) is 2.60. The SMILES string of the molecule is O=C(O)CNC(=O)c1c(CO)c2cc3cc(F)ccc3n2[nH]c1=O. The van der Waals surface area contributed by atoms with Gasteiger partial charge in [-0.2, -0.15) is 0 Å². The number of halogens is 1. The second-order valence-electron chi connectivity index (χ2n) is 5.10. The van der Waals surface area contributed by atoms with E-state index in [0.29, 0.717) is 16.4 Å². The average Bonchev–Trinajstić information content (AvgIpc) is 2.88. The minimum Gasteiger partial charge on any atom is -0.480 e. The lowest BCUT2D eigenvalue weighted by atomic mass is 10.1. The molecule has 0 atom stereocenters. The summed E-state index contributed by atoms with van der Waals surface area (Å²) in [5.41, 5.74) is -0.335. The summed E-state index contributed by atoms with van der Waals surface area (Å²) in [6.45, 7) is -1.29. The first-order chi connectivity index (χ1) is 11.4. The van der Waals surface area contributed by atoms with Crippen LogP contribution in [-0.4, -0.2) is 38.2 Å². The van der Waals surface area contributed by atoms with Crippen LogP contribution in [0.25, 0.3) is 16.4 Å². The molecule has 0 fully saturated rings. The van der Waals surface area contributed by atoms with Crippen LogP contribution < -0.4 is 10.9 Å². The highest BCUT2D eigenvalue weighted by Crippen LogP contribution is 2.23. The van der Waals surface area contributed by atoms with E-state index >= 15 is 0 Å². The third-order valence-corrected chi connectivity index (χ3v) is 3.60. The van der Waals surface area contributed by atoms with Gasteiger partial charge in [-0.1, -0.05) is 0 Å². The Morgan fingerprint density at radius 1 is 1.25 bits per heavy atom. The van der Waals surface area contributed by atoms with Crippen molar-refractivity contribution in [1.82, 2.24) is 14.9 Å². The van der Waals surface area contributed by atoms with Crippen LogP contribution in [0.1, 0.15) is 15.9 Å². The smallest absolute Gasteiger partial charge is 0.322 e. The zero-order valence-electron chi connectivity index (χ0n) is 12.2. The molecular weight excluding hydrogens is 321 g/mol. The van der Waals surface area contributed by atoms with E-state index in [1.807, 2.05) is 0 Å². The molecule has 0 saturated carbocycles. The molecule has 1 amide bonds. The predicted molar refractivity (Wildman–Crippen MR) is 81.4 cm³/mol. The molecule has 2 heterocycles. The number of aromatic amines is 1. The Bertz CT molecular complexity index is 1040. The Morgan fingerprint density at radius 3 is 2.67 bits per heavy atom. The predicted octanol–water partition coefficient (Wildman–Crippen LogP) is 0.227. The Morgan fingerprint density at radius 2 is 2.00 bits per heavy atom. The Balaban J connectivity index is 2.25. The number of carboxylic acid groups (broad SMARTS) is 1. The number of carboxylic acids is 1. The van der Waals surface area contributed by atoms with Crippen LogP contribution in [0.3, 0.4) is 0 Å². The first-order valence-electron chi connectivity index (χ1n) is 6.89. The fourth-order valence-corrected chi connectivity index (χ4v) is 2.60. The number of nitrogens with one attached hydrogen (secondary N) is 2. The van der Waals surface area contributed by atoms with E-state index in [1.54, 1.807) is 0 Å². The molecule has 0 bridgehead atoms. The summed E-state index contributed by atoms with van der Waals surface area (Å²) in [6, 6.07) is 5.46. The van der Waals surface area contributed by atoms with Gasteiger partial charge in [-0.15, -0.1) is 0 Å². The van der Waals surface area contributed by atoms with Gasteiger partial charge in [-0.25, -0.2) is 4.39 Å². The highest BCUT2D eigenvalue weighted by Gasteiger charge is 2.21. The maximum absolute atomic E-state index is 13.4. The topological polar surface area (TPSA) is 124 Å². The molecule has 2 aromatic heterocycles. The van der Waals surface area contributed by atoms with Gasteiger partial charge in [0.05, 0.1) is 17.6 Å². The molecule has 24 heavy (non-hydrogen) atoms. The van der Waals surface area contributed by atoms with Gasteiger partial charge in [-0.3, -0.25) is 24.0 Å². The quantitative estimate of drug-likeness (QED) is 0.544. The van der Waals surface area contributed by atoms with Gasteiger partial charge in [0.2, 0.25) is 0 Å². The summed E-state index contributed by atoms with van der Waals surface area (Å²) in [4.78, 5) is 34.9. The molecule has 8 nitrogen and oxygen atoms in total. The normalized spacial score (nSPS) is 11.1. The lowest BCUT2D eigenvalue weighted by Crippen LogP contribution is -2.35. The van der Waals surface area contributed by atoms with Crippen molar-refractivity contribution in [1.29, 1.82) is 0 Å². The Kier molecular flexibility index (Phi) is 3.78. The van der Waals surface area contributed by atoms with Crippen molar-refractivity contribution in [2.75, 3.05) is 6.54 Å². The van der Waals surface area contributed by atoms with E-state index in [0.717, 1.165) is 0 Å². The first-order valence-corrected chi connectivity index (χ1v) is 6.89. The summed E-state index contributed by atoms with van der Waals surface area (Å²) in [6.07, 6.45) is 0. The maximum Gasteiger partial charge on any atom is 0.322 e. The van der Waals surface area contributed by atoms with E-state index in [-0.39, 0.29) is 11.1 Å². The van der Waals surface area contributed by atoms with Crippen LogP contribution in [0.4, 0.5) is 4.39 Å². The van der Waals surface area contributed by atoms with Crippen LogP contribution in [0.15, 0.2) is 29.1 Å². The van der Waals surface area contributed by atoms with Crippen LogP contribution in [0.5, 0.6) is 0 Å². The second-order valence-corrected chi connectivity index (χ2v) is 5.10. The number of carbonyl (C=O) groups is 2. The van der Waals surface area contributed by atoms with E-state index < -0.39 is 36.4 Å². The molecule has 0 unspecified atom stereocenters. The van der Waals surface area contributed by atoms with E-state index in [4.69, 9.17) is 5.11 Å². The standard InChI is InChI=1S/C15H12FN3O5/c16-8-1-2-10-7(3-8)4-11-9(6-20)13(15(24)18-19(10)11)14(23)17-5-12(21)22/h1-4,20H,5-6H2,(H,17,23)(H,18,24)(H,21,22). The molecule has 9 heteroatoms. The highest BCUT2D eigenvalue weighted by atomic mass is 19.1. The van der Waals surface area contributed by atoms with Gasteiger partial charge in [0.25, 0.3) is 11.5 Å². The maximum atomic E-state index is 13.4. The molecule has 0 aliphatic heterocycles. The fraction of sp³-hybridized carbons (Fsp3) is 0.133. The van der Waals surface area contributed by atoms with Gasteiger partial charge in [0.1, 0.15) is 17.9 Å². The molecule has 0 spiro atoms. The minimum atomic E-state index is -1.27.